The molecular weight excluding hydrogens is 302 g/mol. The average molecular weight is 323 g/mol. The van der Waals surface area contributed by atoms with Gasteiger partial charge in [0.1, 0.15) is 18.7 Å². The van der Waals surface area contributed by atoms with Crippen molar-refractivity contribution in [3.63, 3.8) is 0 Å². The summed E-state index contributed by atoms with van der Waals surface area (Å²) in [4.78, 5) is 41.6. The van der Waals surface area contributed by atoms with E-state index in [9.17, 15) is 14.4 Å². The summed E-state index contributed by atoms with van der Waals surface area (Å²) >= 11 is 0. The van der Waals surface area contributed by atoms with Crippen LogP contribution in [0.2, 0.25) is 0 Å². The van der Waals surface area contributed by atoms with Gasteiger partial charge < -0.3 is 24.5 Å². The van der Waals surface area contributed by atoms with Crippen LogP contribution in [0.3, 0.4) is 0 Å². The first-order valence-corrected chi connectivity index (χ1v) is 7.79. The van der Waals surface area contributed by atoms with Gasteiger partial charge in [-0.05, 0) is 0 Å². The topological polar surface area (TPSA) is 90.4 Å². The summed E-state index contributed by atoms with van der Waals surface area (Å²) in [6.07, 6.45) is 1.98. The molecule has 0 unspecified atom stereocenters. The van der Waals surface area contributed by atoms with Gasteiger partial charge in [0.25, 0.3) is 0 Å². The van der Waals surface area contributed by atoms with E-state index >= 15 is 0 Å². The first-order chi connectivity index (χ1) is 11.1. The summed E-state index contributed by atoms with van der Waals surface area (Å²) in [5, 5.41) is 8.98. The highest BCUT2D eigenvalue weighted by Gasteiger charge is 2.52. The lowest BCUT2D eigenvalue weighted by Crippen LogP contribution is -2.69. The van der Waals surface area contributed by atoms with E-state index in [0.717, 1.165) is 0 Å². The van der Waals surface area contributed by atoms with E-state index in [1.54, 1.807) is 15.9 Å². The third-order valence-electron chi connectivity index (χ3n) is 4.72. The fourth-order valence-corrected chi connectivity index (χ4v) is 3.57. The number of carbonyl (C=O) groups is 3. The monoisotopic (exact) mass is 323 g/mol. The Balaban J connectivity index is 1.74. The van der Waals surface area contributed by atoms with Crippen molar-refractivity contribution in [2.45, 2.75) is 24.6 Å². The zero-order valence-corrected chi connectivity index (χ0v) is 12.9. The number of rotatable bonds is 4. The molecule has 0 aromatic rings. The van der Waals surface area contributed by atoms with Gasteiger partial charge in [0, 0.05) is 26.1 Å². The number of fused-ring (bicyclic) bond motifs is 2. The minimum atomic E-state index is -0.652. The number of hydrogen-bond acceptors (Lipinski definition) is 5. The number of aliphatic hydroxyl groups is 1. The minimum Gasteiger partial charge on any atom is -0.387 e. The van der Waals surface area contributed by atoms with Gasteiger partial charge in [0.05, 0.1) is 19.3 Å². The first kappa shape index (κ1) is 15.9. The van der Waals surface area contributed by atoms with E-state index in [4.69, 9.17) is 9.84 Å². The molecule has 0 spiro atoms. The van der Waals surface area contributed by atoms with Crippen molar-refractivity contribution in [1.29, 1.82) is 0 Å². The van der Waals surface area contributed by atoms with Crippen LogP contribution in [0.25, 0.3) is 0 Å². The number of ether oxygens (including phenoxy) is 1. The maximum absolute atomic E-state index is 12.7. The van der Waals surface area contributed by atoms with Crippen LogP contribution in [0.15, 0.2) is 12.7 Å². The molecule has 0 saturated carbocycles. The zero-order valence-electron chi connectivity index (χ0n) is 12.9. The molecule has 0 aromatic heterocycles. The smallest absolute Gasteiger partial charge is 0.248 e. The molecule has 3 saturated heterocycles. The molecular formula is C15H21N3O5. The predicted octanol–water partition coefficient (Wildman–Crippen LogP) is -1.80. The largest absolute Gasteiger partial charge is 0.387 e. The second-order valence-electron chi connectivity index (χ2n) is 6.03. The van der Waals surface area contributed by atoms with Crippen molar-refractivity contribution >= 4 is 17.7 Å². The maximum atomic E-state index is 12.7. The molecule has 1 N–H and O–H groups in total. The Bertz CT molecular complexity index is 537. The number of amides is 3. The van der Waals surface area contributed by atoms with Crippen molar-refractivity contribution in [2.24, 2.45) is 0 Å². The van der Waals surface area contributed by atoms with Crippen LogP contribution < -0.4 is 0 Å². The third kappa shape index (κ3) is 2.72. The van der Waals surface area contributed by atoms with Crippen LogP contribution in [-0.4, -0.2) is 95.1 Å². The molecule has 23 heavy (non-hydrogen) atoms. The normalized spacial score (nSPS) is 30.3. The van der Waals surface area contributed by atoms with Crippen molar-refractivity contribution in [3.8, 4) is 0 Å². The van der Waals surface area contributed by atoms with E-state index in [-0.39, 0.29) is 24.5 Å². The molecule has 0 bridgehead atoms. The third-order valence-corrected chi connectivity index (χ3v) is 4.72. The number of carbonyl (C=O) groups excluding carboxylic acids is 3. The molecule has 0 aromatic carbocycles. The molecule has 3 atom stereocenters. The van der Waals surface area contributed by atoms with Crippen molar-refractivity contribution in [1.82, 2.24) is 14.7 Å². The van der Waals surface area contributed by atoms with Gasteiger partial charge in [0.15, 0.2) is 0 Å². The SMILES string of the molecule is C=CCO[C@@H]1C[C@H]2C(=O)N3CCN(C(=O)CO)C[C@H]3C(=O)N2C1. The van der Waals surface area contributed by atoms with Crippen molar-refractivity contribution in [3.05, 3.63) is 12.7 Å². The molecule has 8 heteroatoms. The Morgan fingerprint density at radius 2 is 1.96 bits per heavy atom. The zero-order chi connectivity index (χ0) is 16.6. The predicted molar refractivity (Wildman–Crippen MR) is 79.2 cm³/mol. The van der Waals surface area contributed by atoms with Gasteiger partial charge in [-0.15, -0.1) is 6.58 Å². The molecule has 3 aliphatic heterocycles. The van der Waals surface area contributed by atoms with Crippen LogP contribution in [0.1, 0.15) is 6.42 Å². The Kier molecular flexibility index (Phi) is 4.36. The number of hydrogen-bond donors (Lipinski definition) is 1. The van der Waals surface area contributed by atoms with Crippen LogP contribution in [0.5, 0.6) is 0 Å². The fourth-order valence-electron chi connectivity index (χ4n) is 3.57. The summed E-state index contributed by atoms with van der Waals surface area (Å²) in [7, 11) is 0. The van der Waals surface area contributed by atoms with E-state index < -0.39 is 24.6 Å². The average Bonchev–Trinajstić information content (AvgIpc) is 3.01. The van der Waals surface area contributed by atoms with Crippen molar-refractivity contribution < 1.29 is 24.2 Å². The molecule has 3 amide bonds. The van der Waals surface area contributed by atoms with Crippen LogP contribution in [0, 0.1) is 0 Å². The highest BCUT2D eigenvalue weighted by atomic mass is 16.5. The number of aliphatic hydroxyl groups excluding tert-OH is 1. The minimum absolute atomic E-state index is 0.0737. The van der Waals surface area contributed by atoms with Gasteiger partial charge >= 0.3 is 0 Å². The van der Waals surface area contributed by atoms with Gasteiger partial charge in [-0.3, -0.25) is 14.4 Å². The summed E-state index contributed by atoms with van der Waals surface area (Å²) in [6, 6.07) is -1.12. The molecule has 8 nitrogen and oxygen atoms in total. The van der Waals surface area contributed by atoms with Crippen molar-refractivity contribution in [2.75, 3.05) is 39.4 Å². The molecule has 0 aliphatic carbocycles. The second-order valence-corrected chi connectivity index (χ2v) is 6.03. The van der Waals surface area contributed by atoms with Gasteiger partial charge in [-0.25, -0.2) is 0 Å². The van der Waals surface area contributed by atoms with Crippen LogP contribution in [0.4, 0.5) is 0 Å². The molecule has 126 valence electrons. The molecule has 3 heterocycles. The highest BCUT2D eigenvalue weighted by Crippen LogP contribution is 2.30. The maximum Gasteiger partial charge on any atom is 0.248 e. The van der Waals surface area contributed by atoms with E-state index in [1.165, 1.54) is 4.90 Å². The van der Waals surface area contributed by atoms with Crippen LogP contribution in [-0.2, 0) is 19.1 Å². The lowest BCUT2D eigenvalue weighted by atomic mass is 10.0. The Morgan fingerprint density at radius 1 is 1.22 bits per heavy atom. The first-order valence-electron chi connectivity index (χ1n) is 7.79. The highest BCUT2D eigenvalue weighted by molar-refractivity contribution is 5.98. The number of piperazine rings is 2. The Labute approximate surface area is 134 Å². The molecule has 3 fully saturated rings. The number of nitrogens with zero attached hydrogens (tertiary/aromatic N) is 3. The van der Waals surface area contributed by atoms with E-state index in [0.29, 0.717) is 32.7 Å². The lowest BCUT2D eigenvalue weighted by molar-refractivity contribution is -0.165. The summed E-state index contributed by atoms with van der Waals surface area (Å²) in [5.74, 6) is -0.634. The lowest BCUT2D eigenvalue weighted by Gasteiger charge is -2.47. The summed E-state index contributed by atoms with van der Waals surface area (Å²) in [5.41, 5.74) is 0. The molecule has 0 radical (unpaired) electrons. The van der Waals surface area contributed by atoms with Gasteiger partial charge in [-0.2, -0.15) is 0 Å². The summed E-state index contributed by atoms with van der Waals surface area (Å²) < 4.78 is 5.59. The quantitative estimate of drug-likeness (QED) is 0.617. The van der Waals surface area contributed by atoms with Gasteiger partial charge in [0.2, 0.25) is 17.7 Å². The van der Waals surface area contributed by atoms with E-state index in [1.807, 2.05) is 0 Å². The molecule has 3 rings (SSSR count). The Morgan fingerprint density at radius 3 is 2.65 bits per heavy atom. The van der Waals surface area contributed by atoms with Crippen LogP contribution >= 0.6 is 0 Å². The molecule has 3 aliphatic rings. The summed E-state index contributed by atoms with van der Waals surface area (Å²) in [6.45, 7) is 4.60. The van der Waals surface area contributed by atoms with E-state index in [2.05, 4.69) is 6.58 Å². The fraction of sp³-hybridized carbons (Fsp3) is 0.667. The second kappa shape index (κ2) is 6.29. The standard InChI is InChI=1S/C15H21N3O5/c1-2-5-23-10-6-11-14(21)17-4-3-16(13(20)9-19)8-12(17)15(22)18(11)7-10/h2,10-12,19H,1,3-9H2/t10-,11+,12+/m1/s1. The van der Waals surface area contributed by atoms with Gasteiger partial charge in [-0.1, -0.05) is 6.08 Å². The Hall–Kier alpha value is -1.93.